The van der Waals surface area contributed by atoms with Crippen LogP contribution < -0.4 is 40.0 Å². The van der Waals surface area contributed by atoms with Gasteiger partial charge in [-0.05, 0) is 13.3 Å². The molecular formula is C7H12NNaO5. The minimum absolute atomic E-state index is 0. The van der Waals surface area contributed by atoms with E-state index in [1.165, 1.54) is 6.92 Å². The van der Waals surface area contributed by atoms with Gasteiger partial charge in [-0.15, -0.1) is 0 Å². The van der Waals surface area contributed by atoms with E-state index in [0.717, 1.165) is 0 Å². The van der Waals surface area contributed by atoms with Crippen LogP contribution in [0, 0.1) is 0 Å². The summed E-state index contributed by atoms with van der Waals surface area (Å²) in [6.07, 6.45) is -0.0946. The molecule has 0 radical (unpaired) electrons. The van der Waals surface area contributed by atoms with Crippen LogP contribution in [0.5, 0.6) is 0 Å². The molecule has 0 aliphatic carbocycles. The van der Waals surface area contributed by atoms with E-state index in [1.54, 1.807) is 0 Å². The second kappa shape index (κ2) is 7.19. The van der Waals surface area contributed by atoms with E-state index < -0.39 is 24.0 Å². The molecule has 1 atom stereocenters. The first-order valence-corrected chi connectivity index (χ1v) is 3.71. The number of aliphatic hydroxyl groups is 1. The Kier molecular flexibility index (Phi) is 8.37. The van der Waals surface area contributed by atoms with E-state index >= 15 is 0 Å². The molecule has 76 valence electrons. The van der Waals surface area contributed by atoms with Gasteiger partial charge in [0, 0.05) is 6.61 Å². The minimum Gasteiger partial charge on any atom is -0.548 e. The summed E-state index contributed by atoms with van der Waals surface area (Å²) in [6, 6.07) is 0. The molecule has 6 nitrogen and oxygen atoms in total. The van der Waals surface area contributed by atoms with Crippen molar-refractivity contribution in [1.82, 2.24) is 5.32 Å². The van der Waals surface area contributed by atoms with Gasteiger partial charge in [0.15, 0.2) is 0 Å². The van der Waals surface area contributed by atoms with E-state index in [0.29, 0.717) is 0 Å². The molecule has 0 amide bonds. The fraction of sp³-hybridized carbons (Fsp3) is 0.714. The fourth-order valence-corrected chi connectivity index (χ4v) is 0.757. The van der Waals surface area contributed by atoms with Crippen molar-refractivity contribution < 1.29 is 54.5 Å². The molecule has 1 unspecified atom stereocenters. The Balaban J connectivity index is 0. The normalized spacial score (nSPS) is 13.9. The number of hydrogen-bond donors (Lipinski definition) is 3. The van der Waals surface area contributed by atoms with Crippen molar-refractivity contribution in [1.29, 1.82) is 0 Å². The third-order valence-corrected chi connectivity index (χ3v) is 1.69. The van der Waals surface area contributed by atoms with Crippen LogP contribution in [0.4, 0.5) is 0 Å². The fourth-order valence-electron chi connectivity index (χ4n) is 0.757. The number of carboxylic acid groups (broad SMARTS) is 2. The summed E-state index contributed by atoms with van der Waals surface area (Å²) in [6.45, 7) is 0.434. The number of nitrogens with one attached hydrogen (secondary N) is 1. The zero-order chi connectivity index (χ0) is 10.5. The molecule has 0 aliphatic rings. The zero-order valence-corrected chi connectivity index (χ0v) is 10.2. The Bertz CT molecular complexity index is 210. The van der Waals surface area contributed by atoms with Crippen LogP contribution in [0.25, 0.3) is 0 Å². The second-order valence-corrected chi connectivity index (χ2v) is 2.84. The molecular weight excluding hydrogens is 201 g/mol. The average Bonchev–Trinajstić information content (AvgIpc) is 2.01. The first-order chi connectivity index (χ1) is 5.92. The molecule has 3 N–H and O–H groups in total. The smallest absolute Gasteiger partial charge is 0.548 e. The number of carboxylic acids is 2. The van der Waals surface area contributed by atoms with Gasteiger partial charge in [0.05, 0.1) is 18.1 Å². The third-order valence-electron chi connectivity index (χ3n) is 1.69. The zero-order valence-electron chi connectivity index (χ0n) is 8.24. The summed E-state index contributed by atoms with van der Waals surface area (Å²) in [7, 11) is 0. The van der Waals surface area contributed by atoms with Crippen molar-refractivity contribution in [3.8, 4) is 0 Å². The molecule has 0 bridgehead atoms. The first kappa shape index (κ1) is 16.3. The van der Waals surface area contributed by atoms with Crippen molar-refractivity contribution in [3.05, 3.63) is 0 Å². The Morgan fingerprint density at radius 2 is 2.00 bits per heavy atom. The van der Waals surface area contributed by atoms with Crippen LogP contribution in [0.3, 0.4) is 0 Å². The van der Waals surface area contributed by atoms with Gasteiger partial charge in [0.2, 0.25) is 0 Å². The maximum Gasteiger partial charge on any atom is 1.00 e. The molecule has 0 rings (SSSR count). The Hall–Kier alpha value is -0.140. The molecule has 14 heavy (non-hydrogen) atoms. The van der Waals surface area contributed by atoms with Gasteiger partial charge in [-0.3, -0.25) is 10.1 Å². The van der Waals surface area contributed by atoms with Crippen LogP contribution >= 0.6 is 0 Å². The van der Waals surface area contributed by atoms with Gasteiger partial charge in [-0.1, -0.05) is 0 Å². The van der Waals surface area contributed by atoms with Crippen LogP contribution in [0.15, 0.2) is 0 Å². The molecule has 0 aromatic heterocycles. The largest absolute Gasteiger partial charge is 1.00 e. The predicted molar refractivity (Wildman–Crippen MR) is 40.8 cm³/mol. The summed E-state index contributed by atoms with van der Waals surface area (Å²) in [5.74, 6) is -2.59. The molecule has 7 heteroatoms. The summed E-state index contributed by atoms with van der Waals surface area (Å²) in [5, 5.41) is 29.6. The van der Waals surface area contributed by atoms with Gasteiger partial charge in [-0.25, -0.2) is 0 Å². The average molecular weight is 213 g/mol. The Morgan fingerprint density at radius 1 is 1.50 bits per heavy atom. The van der Waals surface area contributed by atoms with E-state index in [4.69, 9.17) is 10.2 Å². The molecule has 0 spiro atoms. The van der Waals surface area contributed by atoms with Gasteiger partial charge >= 0.3 is 35.5 Å². The summed E-state index contributed by atoms with van der Waals surface area (Å²) >= 11 is 0. The van der Waals surface area contributed by atoms with Crippen molar-refractivity contribution in [2.24, 2.45) is 0 Å². The topological polar surface area (TPSA) is 110 Å². The monoisotopic (exact) mass is 213 g/mol. The van der Waals surface area contributed by atoms with E-state index in [-0.39, 0.29) is 42.6 Å². The van der Waals surface area contributed by atoms with Gasteiger partial charge in [-0.2, -0.15) is 0 Å². The van der Waals surface area contributed by atoms with Crippen molar-refractivity contribution >= 4 is 11.9 Å². The molecule has 0 fully saturated rings. The number of carbonyl (C=O) groups excluding carboxylic acids is 1. The predicted octanol–water partition coefficient (Wildman–Crippen LogP) is -5.44. The minimum atomic E-state index is -1.49. The molecule has 0 saturated carbocycles. The van der Waals surface area contributed by atoms with E-state index in [9.17, 15) is 14.7 Å². The Morgan fingerprint density at radius 3 is 2.29 bits per heavy atom. The van der Waals surface area contributed by atoms with Crippen molar-refractivity contribution in [3.63, 3.8) is 0 Å². The third kappa shape index (κ3) is 5.56. The summed E-state index contributed by atoms with van der Waals surface area (Å²) < 4.78 is 0. The molecule has 0 heterocycles. The maximum atomic E-state index is 10.5. The standard InChI is InChI=1S/C7H13NO5.Na/c1-7(2-3-9,6(12)13)8-4-5(10)11;/h8-9H,2-4H2,1H3,(H,10,11)(H,12,13);/q;+1/p-1. The molecule has 0 saturated heterocycles. The second-order valence-electron chi connectivity index (χ2n) is 2.84. The van der Waals surface area contributed by atoms with Gasteiger partial charge in [0.25, 0.3) is 0 Å². The molecule has 0 aromatic rings. The van der Waals surface area contributed by atoms with E-state index in [2.05, 4.69) is 5.32 Å². The van der Waals surface area contributed by atoms with E-state index in [1.807, 2.05) is 0 Å². The van der Waals surface area contributed by atoms with Crippen LogP contribution in [-0.2, 0) is 9.59 Å². The maximum absolute atomic E-state index is 10.5. The van der Waals surface area contributed by atoms with Crippen molar-refractivity contribution in [2.75, 3.05) is 13.2 Å². The number of carbonyl (C=O) groups is 2. The van der Waals surface area contributed by atoms with Crippen molar-refractivity contribution in [2.45, 2.75) is 18.9 Å². The number of rotatable bonds is 6. The number of hydrogen-bond acceptors (Lipinski definition) is 5. The Labute approximate surface area is 104 Å². The molecule has 0 aromatic carbocycles. The number of aliphatic carboxylic acids is 2. The van der Waals surface area contributed by atoms with Crippen LogP contribution in [0.2, 0.25) is 0 Å². The van der Waals surface area contributed by atoms with Crippen LogP contribution in [0.1, 0.15) is 13.3 Å². The SMILES string of the molecule is CC(CCO)(NCC(=O)O)C(=O)[O-].[Na+]. The summed E-state index contributed by atoms with van der Waals surface area (Å²) in [4.78, 5) is 20.7. The van der Waals surface area contributed by atoms with Gasteiger partial charge in [0.1, 0.15) is 0 Å². The van der Waals surface area contributed by atoms with Gasteiger partial charge < -0.3 is 20.1 Å². The van der Waals surface area contributed by atoms with Crippen LogP contribution in [-0.4, -0.2) is 40.8 Å². The first-order valence-electron chi connectivity index (χ1n) is 3.71. The molecule has 0 aliphatic heterocycles. The summed E-state index contributed by atoms with van der Waals surface area (Å²) in [5.41, 5.74) is -1.49. The number of aliphatic hydroxyl groups excluding tert-OH is 1. The quantitative estimate of drug-likeness (QED) is 0.380.